The molecular formula is C17H28N2. The average Bonchev–Trinajstić information content (AvgIpc) is 2.37. The van der Waals surface area contributed by atoms with Crippen LogP contribution in [0.3, 0.4) is 0 Å². The molecule has 1 N–H and O–H groups in total. The summed E-state index contributed by atoms with van der Waals surface area (Å²) in [5.41, 5.74) is 3.26. The van der Waals surface area contributed by atoms with Crippen LogP contribution in [-0.4, -0.2) is 37.1 Å². The van der Waals surface area contributed by atoms with Gasteiger partial charge in [-0.3, -0.25) is 0 Å². The van der Waals surface area contributed by atoms with Crippen molar-refractivity contribution in [3.05, 3.63) is 35.4 Å². The van der Waals surface area contributed by atoms with Crippen molar-refractivity contribution in [1.29, 1.82) is 0 Å². The number of hydrogen-bond acceptors (Lipinski definition) is 2. The van der Waals surface area contributed by atoms with Crippen LogP contribution in [0.15, 0.2) is 24.3 Å². The number of rotatable bonds is 3. The minimum atomic E-state index is 0.349. The summed E-state index contributed by atoms with van der Waals surface area (Å²) in [5.74, 6) is 0. The third-order valence-electron chi connectivity index (χ3n) is 4.26. The Morgan fingerprint density at radius 1 is 1.26 bits per heavy atom. The molecule has 1 unspecified atom stereocenters. The Morgan fingerprint density at radius 3 is 2.68 bits per heavy atom. The Hall–Kier alpha value is -0.860. The Morgan fingerprint density at radius 2 is 2.00 bits per heavy atom. The molecule has 1 atom stereocenters. The quantitative estimate of drug-likeness (QED) is 0.899. The van der Waals surface area contributed by atoms with E-state index in [0.29, 0.717) is 11.5 Å². The molecule has 0 aliphatic carbocycles. The van der Waals surface area contributed by atoms with E-state index in [1.165, 1.54) is 37.2 Å². The summed E-state index contributed by atoms with van der Waals surface area (Å²) in [7, 11) is 0. The maximum absolute atomic E-state index is 3.66. The summed E-state index contributed by atoms with van der Waals surface area (Å²) >= 11 is 0. The zero-order valence-electron chi connectivity index (χ0n) is 12.9. The molecule has 0 radical (unpaired) electrons. The topological polar surface area (TPSA) is 15.3 Å². The van der Waals surface area contributed by atoms with Crippen LogP contribution < -0.4 is 5.32 Å². The highest BCUT2D eigenvalue weighted by atomic mass is 15.2. The van der Waals surface area contributed by atoms with Crippen molar-refractivity contribution in [3.63, 3.8) is 0 Å². The second-order valence-corrected chi connectivity index (χ2v) is 6.85. The molecule has 106 valence electrons. The normalized spacial score (nSPS) is 21.6. The lowest BCUT2D eigenvalue weighted by atomic mass is 9.85. The lowest BCUT2D eigenvalue weighted by Gasteiger charge is -2.40. The standard InChI is InChI=1S/C17H28N2/c1-14-7-5-6-8-15(14)9-11-19-12-10-18-16(13-19)17(2,3)4/h5-8,16,18H,9-13H2,1-4H3. The molecule has 1 fully saturated rings. The molecule has 0 spiro atoms. The maximum atomic E-state index is 3.66. The Kier molecular flexibility index (Phi) is 4.64. The summed E-state index contributed by atoms with van der Waals surface area (Å²) in [6, 6.07) is 9.36. The fraction of sp³-hybridized carbons (Fsp3) is 0.647. The lowest BCUT2D eigenvalue weighted by Crippen LogP contribution is -2.56. The molecule has 0 amide bonds. The minimum absolute atomic E-state index is 0.349. The van der Waals surface area contributed by atoms with E-state index < -0.39 is 0 Å². The summed E-state index contributed by atoms with van der Waals surface area (Å²) in [4.78, 5) is 2.61. The molecule has 0 bridgehead atoms. The number of nitrogens with zero attached hydrogens (tertiary/aromatic N) is 1. The van der Waals surface area contributed by atoms with Gasteiger partial charge in [0, 0.05) is 32.2 Å². The first-order chi connectivity index (χ1) is 8.97. The van der Waals surface area contributed by atoms with Crippen molar-refractivity contribution in [2.45, 2.75) is 40.2 Å². The van der Waals surface area contributed by atoms with Crippen LogP contribution in [0.1, 0.15) is 31.9 Å². The third kappa shape index (κ3) is 4.05. The highest BCUT2D eigenvalue weighted by Gasteiger charge is 2.28. The smallest absolute Gasteiger partial charge is 0.0244 e. The van der Waals surface area contributed by atoms with Gasteiger partial charge in [-0.1, -0.05) is 45.0 Å². The second kappa shape index (κ2) is 6.06. The van der Waals surface area contributed by atoms with E-state index in [4.69, 9.17) is 0 Å². The molecule has 2 heteroatoms. The Bertz CT molecular complexity index is 406. The molecule has 2 nitrogen and oxygen atoms in total. The first kappa shape index (κ1) is 14.5. The van der Waals surface area contributed by atoms with Crippen molar-refractivity contribution in [3.8, 4) is 0 Å². The van der Waals surface area contributed by atoms with E-state index in [1.807, 2.05) is 0 Å². The van der Waals surface area contributed by atoms with Gasteiger partial charge in [-0.2, -0.15) is 0 Å². The summed E-state index contributed by atoms with van der Waals surface area (Å²) < 4.78 is 0. The molecule has 1 heterocycles. The number of nitrogens with one attached hydrogen (secondary N) is 1. The van der Waals surface area contributed by atoms with Gasteiger partial charge >= 0.3 is 0 Å². The van der Waals surface area contributed by atoms with Gasteiger partial charge in [0.05, 0.1) is 0 Å². The van der Waals surface area contributed by atoms with Gasteiger partial charge in [-0.05, 0) is 29.9 Å². The van der Waals surface area contributed by atoms with Crippen LogP contribution in [0.2, 0.25) is 0 Å². The fourth-order valence-corrected chi connectivity index (χ4v) is 2.76. The van der Waals surface area contributed by atoms with Crippen LogP contribution in [0.5, 0.6) is 0 Å². The first-order valence-corrected chi connectivity index (χ1v) is 7.47. The molecule has 1 aromatic carbocycles. The van der Waals surface area contributed by atoms with Crippen molar-refractivity contribution in [2.75, 3.05) is 26.2 Å². The molecule has 0 aromatic heterocycles. The van der Waals surface area contributed by atoms with Crippen LogP contribution in [0, 0.1) is 12.3 Å². The van der Waals surface area contributed by atoms with Crippen molar-refractivity contribution in [1.82, 2.24) is 10.2 Å². The minimum Gasteiger partial charge on any atom is -0.311 e. The highest BCUT2D eigenvalue weighted by Crippen LogP contribution is 2.22. The first-order valence-electron chi connectivity index (χ1n) is 7.47. The van der Waals surface area contributed by atoms with Crippen molar-refractivity contribution < 1.29 is 0 Å². The zero-order chi connectivity index (χ0) is 13.9. The van der Waals surface area contributed by atoms with E-state index >= 15 is 0 Å². The van der Waals surface area contributed by atoms with Gasteiger partial charge < -0.3 is 10.2 Å². The number of piperazine rings is 1. The van der Waals surface area contributed by atoms with E-state index in [0.717, 1.165) is 6.54 Å². The summed E-state index contributed by atoms with van der Waals surface area (Å²) in [5, 5.41) is 3.66. The number of aryl methyl sites for hydroxylation is 1. The monoisotopic (exact) mass is 260 g/mol. The molecule has 0 saturated carbocycles. The van der Waals surface area contributed by atoms with Gasteiger partial charge in [0.1, 0.15) is 0 Å². The van der Waals surface area contributed by atoms with Crippen LogP contribution in [0.4, 0.5) is 0 Å². The molecule has 1 aromatic rings. The van der Waals surface area contributed by atoms with E-state index in [1.54, 1.807) is 0 Å². The second-order valence-electron chi connectivity index (χ2n) is 6.85. The van der Waals surface area contributed by atoms with Crippen molar-refractivity contribution >= 4 is 0 Å². The van der Waals surface area contributed by atoms with Gasteiger partial charge in [-0.25, -0.2) is 0 Å². The molecule has 1 saturated heterocycles. The predicted octanol–water partition coefficient (Wildman–Crippen LogP) is 2.86. The fourth-order valence-electron chi connectivity index (χ4n) is 2.76. The van der Waals surface area contributed by atoms with Crippen molar-refractivity contribution in [2.24, 2.45) is 5.41 Å². The van der Waals surface area contributed by atoms with Gasteiger partial charge in [-0.15, -0.1) is 0 Å². The van der Waals surface area contributed by atoms with E-state index in [-0.39, 0.29) is 0 Å². The SMILES string of the molecule is Cc1ccccc1CCN1CCNC(C(C)(C)C)C1. The Labute approximate surface area is 118 Å². The van der Waals surface area contributed by atoms with E-state index in [9.17, 15) is 0 Å². The van der Waals surface area contributed by atoms with Gasteiger partial charge in [0.2, 0.25) is 0 Å². The molecule has 1 aliphatic rings. The van der Waals surface area contributed by atoms with Gasteiger partial charge in [0.15, 0.2) is 0 Å². The summed E-state index contributed by atoms with van der Waals surface area (Å²) in [6.07, 6.45) is 1.17. The van der Waals surface area contributed by atoms with Crippen LogP contribution in [-0.2, 0) is 6.42 Å². The summed E-state index contributed by atoms with van der Waals surface area (Å²) in [6.45, 7) is 13.9. The maximum Gasteiger partial charge on any atom is 0.0244 e. The predicted molar refractivity (Wildman–Crippen MR) is 82.6 cm³/mol. The van der Waals surface area contributed by atoms with Crippen LogP contribution in [0.25, 0.3) is 0 Å². The third-order valence-corrected chi connectivity index (χ3v) is 4.26. The average molecular weight is 260 g/mol. The molecular weight excluding hydrogens is 232 g/mol. The number of hydrogen-bond donors (Lipinski definition) is 1. The zero-order valence-corrected chi connectivity index (χ0v) is 12.9. The van der Waals surface area contributed by atoms with E-state index in [2.05, 4.69) is 62.2 Å². The number of benzene rings is 1. The lowest BCUT2D eigenvalue weighted by molar-refractivity contribution is 0.135. The molecule has 2 rings (SSSR count). The van der Waals surface area contributed by atoms with Gasteiger partial charge in [0.25, 0.3) is 0 Å². The highest BCUT2D eigenvalue weighted by molar-refractivity contribution is 5.25. The Balaban J connectivity index is 1.88. The molecule has 1 aliphatic heterocycles. The van der Waals surface area contributed by atoms with Crippen LogP contribution >= 0.6 is 0 Å². The largest absolute Gasteiger partial charge is 0.311 e. The molecule has 19 heavy (non-hydrogen) atoms.